The van der Waals surface area contributed by atoms with E-state index in [9.17, 15) is 4.79 Å². The minimum atomic E-state index is 0.0236. The van der Waals surface area contributed by atoms with Crippen molar-refractivity contribution in [3.8, 4) is 0 Å². The molecule has 0 saturated carbocycles. The maximum atomic E-state index is 11.7. The summed E-state index contributed by atoms with van der Waals surface area (Å²) in [6.45, 7) is 4.55. The predicted octanol–water partition coefficient (Wildman–Crippen LogP) is 1.14. The molecule has 92 valence electrons. The fourth-order valence-corrected chi connectivity index (χ4v) is 1.80. The lowest BCUT2D eigenvalue weighted by Crippen LogP contribution is -2.44. The lowest BCUT2D eigenvalue weighted by molar-refractivity contribution is 0.174. The number of nitrogens with two attached hydrogens (primary N) is 1. The molecule has 0 aromatic rings. The molecular formula is C11H22N4O. The molecule has 0 unspecified atom stereocenters. The molecule has 0 atom stereocenters. The highest BCUT2D eigenvalue weighted by molar-refractivity contribution is 5.77. The van der Waals surface area contributed by atoms with Gasteiger partial charge in [0.1, 0.15) is 0 Å². The van der Waals surface area contributed by atoms with Gasteiger partial charge < -0.3 is 16.0 Å². The molecule has 1 rings (SSSR count). The van der Waals surface area contributed by atoms with Gasteiger partial charge in [-0.3, -0.25) is 5.41 Å². The molecule has 1 heterocycles. The van der Waals surface area contributed by atoms with E-state index in [4.69, 9.17) is 11.1 Å². The molecule has 16 heavy (non-hydrogen) atoms. The molecular weight excluding hydrogens is 204 g/mol. The van der Waals surface area contributed by atoms with Crippen LogP contribution in [-0.2, 0) is 0 Å². The van der Waals surface area contributed by atoms with E-state index < -0.39 is 0 Å². The number of carbonyl (C=O) groups excluding carboxylic acids is 1. The lowest BCUT2D eigenvalue weighted by atomic mass is 10.00. The number of urea groups is 1. The molecule has 1 fully saturated rings. The minimum Gasteiger partial charge on any atom is -0.388 e. The number of hydrogen-bond donors (Lipinski definition) is 3. The summed E-state index contributed by atoms with van der Waals surface area (Å²) >= 11 is 0. The van der Waals surface area contributed by atoms with Crippen LogP contribution in [0.25, 0.3) is 0 Å². The summed E-state index contributed by atoms with van der Waals surface area (Å²) in [6, 6.07) is 0.0236. The van der Waals surface area contributed by atoms with Gasteiger partial charge >= 0.3 is 6.03 Å². The van der Waals surface area contributed by atoms with Crippen LogP contribution >= 0.6 is 0 Å². The van der Waals surface area contributed by atoms with Gasteiger partial charge in [-0.2, -0.15) is 0 Å². The highest BCUT2D eigenvalue weighted by Gasteiger charge is 2.19. The summed E-state index contributed by atoms with van der Waals surface area (Å²) in [5.41, 5.74) is 5.23. The molecule has 0 aromatic carbocycles. The monoisotopic (exact) mass is 226 g/mol. The maximum absolute atomic E-state index is 11.7. The van der Waals surface area contributed by atoms with Crippen molar-refractivity contribution in [3.63, 3.8) is 0 Å². The molecule has 0 radical (unpaired) electrons. The molecule has 5 heteroatoms. The van der Waals surface area contributed by atoms with E-state index in [0.29, 0.717) is 13.0 Å². The van der Waals surface area contributed by atoms with Crippen molar-refractivity contribution in [1.29, 1.82) is 5.41 Å². The second-order valence-electron chi connectivity index (χ2n) is 4.53. The Labute approximate surface area is 96.9 Å². The van der Waals surface area contributed by atoms with Crippen molar-refractivity contribution in [2.75, 3.05) is 19.6 Å². The van der Waals surface area contributed by atoms with Crippen LogP contribution in [0.5, 0.6) is 0 Å². The van der Waals surface area contributed by atoms with Crippen molar-refractivity contribution in [2.45, 2.75) is 32.6 Å². The maximum Gasteiger partial charge on any atom is 0.317 e. The Hall–Kier alpha value is -1.26. The van der Waals surface area contributed by atoms with E-state index in [-0.39, 0.29) is 11.9 Å². The molecule has 0 aromatic heterocycles. The van der Waals surface area contributed by atoms with Gasteiger partial charge in [-0.1, -0.05) is 6.92 Å². The molecule has 0 spiro atoms. The highest BCUT2D eigenvalue weighted by atomic mass is 16.2. The average Bonchev–Trinajstić information content (AvgIpc) is 2.25. The standard InChI is InChI=1S/C11H22N4O/c1-9-4-7-15(8-5-9)11(16)14-6-2-3-10(12)13/h9H,2-8H2,1H3,(H3,12,13)(H,14,16). The molecule has 2 amide bonds. The van der Waals surface area contributed by atoms with E-state index >= 15 is 0 Å². The van der Waals surface area contributed by atoms with Gasteiger partial charge in [0.15, 0.2) is 0 Å². The van der Waals surface area contributed by atoms with E-state index in [1.165, 1.54) is 0 Å². The van der Waals surface area contributed by atoms with Crippen LogP contribution in [0.2, 0.25) is 0 Å². The van der Waals surface area contributed by atoms with Gasteiger partial charge in [-0.15, -0.1) is 0 Å². The van der Waals surface area contributed by atoms with Crippen LogP contribution in [0.4, 0.5) is 4.79 Å². The lowest BCUT2D eigenvalue weighted by Gasteiger charge is -2.30. The molecule has 1 saturated heterocycles. The number of carbonyl (C=O) groups is 1. The summed E-state index contributed by atoms with van der Waals surface area (Å²) in [5, 5.41) is 9.91. The number of rotatable bonds is 4. The zero-order chi connectivity index (χ0) is 12.0. The van der Waals surface area contributed by atoms with Crippen LogP contribution in [0.15, 0.2) is 0 Å². The van der Waals surface area contributed by atoms with E-state index in [2.05, 4.69) is 12.2 Å². The predicted molar refractivity (Wildman–Crippen MR) is 64.5 cm³/mol. The zero-order valence-electron chi connectivity index (χ0n) is 9.96. The zero-order valence-corrected chi connectivity index (χ0v) is 9.96. The smallest absolute Gasteiger partial charge is 0.317 e. The van der Waals surface area contributed by atoms with Crippen LogP contribution < -0.4 is 11.1 Å². The number of amides is 2. The van der Waals surface area contributed by atoms with Crippen molar-refractivity contribution < 1.29 is 4.79 Å². The van der Waals surface area contributed by atoms with E-state index in [1.807, 2.05) is 4.90 Å². The van der Waals surface area contributed by atoms with Gasteiger partial charge in [0.2, 0.25) is 0 Å². The third-order valence-electron chi connectivity index (χ3n) is 2.97. The summed E-state index contributed by atoms with van der Waals surface area (Å²) in [6.07, 6.45) is 3.49. The summed E-state index contributed by atoms with van der Waals surface area (Å²) in [4.78, 5) is 13.5. The van der Waals surface area contributed by atoms with Crippen LogP contribution in [0.3, 0.4) is 0 Å². The van der Waals surface area contributed by atoms with Crippen molar-refractivity contribution in [2.24, 2.45) is 11.7 Å². The Kier molecular flexibility index (Phi) is 5.08. The van der Waals surface area contributed by atoms with Gasteiger partial charge in [-0.25, -0.2) is 4.79 Å². The Bertz CT molecular complexity index is 246. The van der Waals surface area contributed by atoms with Crippen LogP contribution in [0, 0.1) is 11.3 Å². The van der Waals surface area contributed by atoms with E-state index in [0.717, 1.165) is 38.3 Å². The number of hydrogen-bond acceptors (Lipinski definition) is 2. The summed E-state index contributed by atoms with van der Waals surface area (Å²) in [5.74, 6) is 0.919. The van der Waals surface area contributed by atoms with Crippen LogP contribution in [0.1, 0.15) is 32.6 Å². The van der Waals surface area contributed by atoms with Gasteiger partial charge in [0, 0.05) is 26.1 Å². The quantitative estimate of drug-likeness (QED) is 0.382. The second-order valence-corrected chi connectivity index (χ2v) is 4.53. The first kappa shape index (κ1) is 12.8. The Morgan fingerprint density at radius 2 is 2.12 bits per heavy atom. The number of amidine groups is 1. The van der Waals surface area contributed by atoms with Gasteiger partial charge in [0.25, 0.3) is 0 Å². The number of nitrogens with one attached hydrogen (secondary N) is 2. The summed E-state index contributed by atoms with van der Waals surface area (Å²) < 4.78 is 0. The molecule has 1 aliphatic rings. The van der Waals surface area contributed by atoms with Gasteiger partial charge in [0.05, 0.1) is 5.84 Å². The Balaban J connectivity index is 2.12. The molecule has 4 N–H and O–H groups in total. The fraction of sp³-hybridized carbons (Fsp3) is 0.818. The topological polar surface area (TPSA) is 82.2 Å². The molecule has 0 aliphatic carbocycles. The molecule has 0 bridgehead atoms. The summed E-state index contributed by atoms with van der Waals surface area (Å²) in [7, 11) is 0. The van der Waals surface area contributed by atoms with Crippen molar-refractivity contribution >= 4 is 11.9 Å². The van der Waals surface area contributed by atoms with Crippen molar-refractivity contribution in [3.05, 3.63) is 0 Å². The number of likely N-dealkylation sites (tertiary alicyclic amines) is 1. The first-order chi connectivity index (χ1) is 7.59. The second kappa shape index (κ2) is 6.35. The van der Waals surface area contributed by atoms with Crippen LogP contribution in [-0.4, -0.2) is 36.4 Å². The number of piperidine rings is 1. The highest BCUT2D eigenvalue weighted by Crippen LogP contribution is 2.15. The Morgan fingerprint density at radius 1 is 1.50 bits per heavy atom. The largest absolute Gasteiger partial charge is 0.388 e. The number of nitrogens with zero attached hydrogens (tertiary/aromatic N) is 1. The van der Waals surface area contributed by atoms with Gasteiger partial charge in [-0.05, 0) is 25.2 Å². The molecule has 5 nitrogen and oxygen atoms in total. The minimum absolute atomic E-state index is 0.0236. The average molecular weight is 226 g/mol. The third-order valence-corrected chi connectivity index (χ3v) is 2.97. The fourth-order valence-electron chi connectivity index (χ4n) is 1.80. The SMILES string of the molecule is CC1CCN(C(=O)NCCCC(=N)N)CC1. The van der Waals surface area contributed by atoms with E-state index in [1.54, 1.807) is 0 Å². The first-order valence-corrected chi connectivity index (χ1v) is 5.95. The third kappa shape index (κ3) is 4.51. The first-order valence-electron chi connectivity index (χ1n) is 5.95. The van der Waals surface area contributed by atoms with Crippen molar-refractivity contribution in [1.82, 2.24) is 10.2 Å². The molecule has 1 aliphatic heterocycles. The Morgan fingerprint density at radius 3 is 2.69 bits per heavy atom. The normalized spacial score (nSPS) is 17.2.